The second-order valence-corrected chi connectivity index (χ2v) is 16.1. The molecule has 0 saturated heterocycles. The highest BCUT2D eigenvalue weighted by atomic mass is 35.5. The van der Waals surface area contributed by atoms with Gasteiger partial charge in [-0.3, -0.25) is 10.1 Å². The zero-order valence-corrected chi connectivity index (χ0v) is 42.3. The molecule has 17 N–H and O–H groups in total. The fourth-order valence-electron chi connectivity index (χ4n) is 5.89. The van der Waals surface area contributed by atoms with Crippen LogP contribution < -0.4 is 75.4 Å². The van der Waals surface area contributed by atoms with Gasteiger partial charge < -0.3 is 89.0 Å². The van der Waals surface area contributed by atoms with Gasteiger partial charge >= 0.3 is 12.1 Å². The Morgan fingerprint density at radius 3 is 1.47 bits per heavy atom. The Bertz CT molecular complexity index is 2460. The van der Waals surface area contributed by atoms with Crippen LogP contribution in [0.15, 0.2) is 72.5 Å². The van der Waals surface area contributed by atoms with Gasteiger partial charge in [-0.15, -0.1) is 0 Å². The molecule has 0 aliphatic heterocycles. The number of unbranched alkanes of at least 4 members (excludes halogenated alkanes) is 1. The number of urea groups is 2. The van der Waals surface area contributed by atoms with Crippen LogP contribution in [0.4, 0.5) is 32.9 Å². The average molecular weight is 1070 g/mol. The van der Waals surface area contributed by atoms with Gasteiger partial charge in [0.2, 0.25) is 0 Å². The van der Waals surface area contributed by atoms with Crippen molar-refractivity contribution in [2.45, 2.75) is 25.9 Å². The minimum Gasteiger partial charge on any atom is -0.491 e. The number of nitrogens with two attached hydrogens (primary N) is 5. The summed E-state index contributed by atoms with van der Waals surface area (Å²) >= 11 is 11.8. The fraction of sp³-hybridized carbons (Fsp3) is 0.391. The van der Waals surface area contributed by atoms with E-state index in [1.54, 1.807) is 12.1 Å². The molecule has 28 heteroatoms. The lowest BCUT2D eigenvalue weighted by molar-refractivity contribution is 0.0377. The van der Waals surface area contributed by atoms with Crippen molar-refractivity contribution < 1.29 is 42.8 Å². The predicted molar refractivity (Wildman–Crippen MR) is 282 cm³/mol. The van der Waals surface area contributed by atoms with Crippen molar-refractivity contribution >= 4 is 76.1 Å². The molecular weight excluding hydrogens is 1010 g/mol. The molecule has 74 heavy (non-hydrogen) atoms. The van der Waals surface area contributed by atoms with Crippen LogP contribution in [0.25, 0.3) is 5.70 Å². The number of halogens is 2. The third-order valence-corrected chi connectivity index (χ3v) is 10.2. The zero-order chi connectivity index (χ0) is 53.5. The number of carbonyl (C=O) groups excluding carboxylic acids is 3. The van der Waals surface area contributed by atoms with E-state index in [-0.39, 0.29) is 69.5 Å². The van der Waals surface area contributed by atoms with Crippen LogP contribution in [0.3, 0.4) is 0 Å². The molecule has 0 atom stereocenters. The minimum atomic E-state index is -0.727. The summed E-state index contributed by atoms with van der Waals surface area (Å²) in [5.41, 5.74) is 30.8. The Hall–Kier alpha value is -7.62. The largest absolute Gasteiger partial charge is 0.491 e. The maximum atomic E-state index is 12.4. The minimum absolute atomic E-state index is 0.0309. The predicted octanol–water partition coefficient (Wildman–Crippen LogP) is 1.87. The summed E-state index contributed by atoms with van der Waals surface area (Å²) in [5.74, 6) is 0.781. The van der Waals surface area contributed by atoms with E-state index in [0.717, 1.165) is 11.1 Å². The molecule has 4 rings (SSSR count). The first-order valence-electron chi connectivity index (χ1n) is 23.1. The molecule has 0 fully saturated rings. The second-order valence-electron chi connectivity index (χ2n) is 15.4. The van der Waals surface area contributed by atoms with E-state index >= 15 is 0 Å². The number of nitrogen functional groups attached to an aromatic ring is 4. The quantitative estimate of drug-likeness (QED) is 0.0180. The highest BCUT2D eigenvalue weighted by Gasteiger charge is 2.17. The number of nitrogens with zero attached hydrogens (tertiary/aromatic N) is 5. The summed E-state index contributed by atoms with van der Waals surface area (Å²) in [6.45, 7) is 13.7. The van der Waals surface area contributed by atoms with E-state index in [1.807, 2.05) is 36.4 Å². The van der Waals surface area contributed by atoms with Gasteiger partial charge in [-0.05, 0) is 48.2 Å². The molecule has 0 radical (unpaired) electrons. The molecule has 2 heterocycles. The van der Waals surface area contributed by atoms with E-state index in [1.165, 1.54) is 0 Å². The Morgan fingerprint density at radius 1 is 0.527 bits per heavy atom. The standard InChI is InChI=1S/C46H65Cl2N17O9/c1-29(35-39(49)63-41(51)37(47)61-35)60-30(2)58-27-31-5-9-33(10-6-31)73-25-23-71-21-19-69-17-15-56-45(67)54-13-3-4-14-55-46(68)57-16-18-70-20-22-72-24-26-74-34-11-7-32(8-12-34)28-59-44(53)65-43(66)36-40(50)64-42(52)38(48)62-36/h5-12,58,60H,1-4,13-28H2,(H4,49,51,63)(H4,50,52,64)(H2,54,56,67)(H2,55,57,68)(H3,53,59,65,66). The van der Waals surface area contributed by atoms with Crippen molar-refractivity contribution in [2.75, 3.05) is 115 Å². The molecule has 2 aromatic carbocycles. The van der Waals surface area contributed by atoms with Crippen LogP contribution in [0.2, 0.25) is 10.3 Å². The van der Waals surface area contributed by atoms with Gasteiger partial charge in [-0.1, -0.05) is 60.6 Å². The van der Waals surface area contributed by atoms with Gasteiger partial charge in [0.25, 0.3) is 5.91 Å². The van der Waals surface area contributed by atoms with Gasteiger partial charge in [-0.2, -0.15) is 0 Å². The number of rotatable bonds is 34. The van der Waals surface area contributed by atoms with Crippen LogP contribution >= 0.6 is 23.2 Å². The number of amides is 5. The Kier molecular flexibility index (Phi) is 26.4. The summed E-state index contributed by atoms with van der Waals surface area (Å²) in [6.07, 6.45) is 1.37. The van der Waals surface area contributed by atoms with Gasteiger partial charge in [0.05, 0.1) is 70.9 Å². The number of carbonyl (C=O) groups is 3. The lowest BCUT2D eigenvalue weighted by Gasteiger charge is -2.15. The van der Waals surface area contributed by atoms with Gasteiger partial charge in [-0.25, -0.2) is 34.5 Å². The third-order valence-electron chi connectivity index (χ3n) is 9.61. The van der Waals surface area contributed by atoms with Gasteiger partial charge in [0, 0.05) is 32.7 Å². The number of aliphatic imine (C=N–C) groups is 1. The maximum absolute atomic E-state index is 12.4. The summed E-state index contributed by atoms with van der Waals surface area (Å²) in [5, 5.41) is 19.4. The summed E-state index contributed by atoms with van der Waals surface area (Å²) in [4.78, 5) is 56.2. The van der Waals surface area contributed by atoms with Crippen molar-refractivity contribution in [1.29, 1.82) is 0 Å². The Balaban J connectivity index is 0.863. The van der Waals surface area contributed by atoms with Crippen molar-refractivity contribution in [3.05, 3.63) is 100 Å². The number of aromatic nitrogens is 4. The number of ether oxygens (including phenoxy) is 6. The number of benzene rings is 2. The summed E-state index contributed by atoms with van der Waals surface area (Å²) in [7, 11) is 0. The first-order chi connectivity index (χ1) is 35.7. The highest BCUT2D eigenvalue weighted by molar-refractivity contribution is 6.32. The van der Waals surface area contributed by atoms with Crippen molar-refractivity contribution in [3.8, 4) is 11.5 Å². The SMILES string of the molecule is C=C(NCc1ccc(OCCOCCOCCNC(=O)NCCCCNC(=O)NCCOCCOCCOc2ccc(CN=C(N)NC(=O)c3nc(Cl)c(N)nc3N)cc2)cc1)NC(=C)c1nc(Cl)c(N)nc1N. The molecule has 0 saturated carbocycles. The van der Waals surface area contributed by atoms with Crippen LogP contribution in [0.5, 0.6) is 11.5 Å². The topological polar surface area (TPSA) is 385 Å². The molecule has 0 aliphatic rings. The molecular formula is C46H65Cl2N17O9. The molecule has 0 unspecified atom stereocenters. The smallest absolute Gasteiger partial charge is 0.314 e. The van der Waals surface area contributed by atoms with Gasteiger partial charge in [0.15, 0.2) is 45.2 Å². The lowest BCUT2D eigenvalue weighted by Crippen LogP contribution is -2.39. The third kappa shape index (κ3) is 23.3. The van der Waals surface area contributed by atoms with Gasteiger partial charge in [0.1, 0.15) is 30.4 Å². The molecule has 0 bridgehead atoms. The fourth-order valence-corrected chi connectivity index (χ4v) is 6.14. The molecule has 402 valence electrons. The zero-order valence-electron chi connectivity index (χ0n) is 40.8. The molecule has 26 nitrogen and oxygen atoms in total. The first kappa shape index (κ1) is 58.9. The van der Waals surface area contributed by atoms with E-state index in [2.05, 4.69) is 75.3 Å². The molecule has 0 aliphatic carbocycles. The van der Waals surface area contributed by atoms with Crippen LogP contribution in [-0.4, -0.2) is 136 Å². The van der Waals surface area contributed by atoms with Crippen molar-refractivity contribution in [3.63, 3.8) is 0 Å². The Labute approximate surface area is 438 Å². The lowest BCUT2D eigenvalue weighted by atomic mass is 10.2. The number of hydrogen-bond acceptors (Lipinski definition) is 20. The normalized spacial score (nSPS) is 11.0. The van der Waals surface area contributed by atoms with Crippen LogP contribution in [-0.2, 0) is 32.0 Å². The number of guanidine groups is 1. The van der Waals surface area contributed by atoms with E-state index < -0.39 is 5.91 Å². The molecule has 5 amide bonds. The monoisotopic (exact) mass is 1070 g/mol. The number of anilines is 4. The average Bonchev–Trinajstić information content (AvgIpc) is 3.37. The van der Waals surface area contributed by atoms with Crippen molar-refractivity contribution in [1.82, 2.24) is 57.2 Å². The van der Waals surface area contributed by atoms with E-state index in [4.69, 9.17) is 80.3 Å². The summed E-state index contributed by atoms with van der Waals surface area (Å²) in [6, 6.07) is 14.1. The van der Waals surface area contributed by atoms with Crippen molar-refractivity contribution in [2.24, 2.45) is 10.7 Å². The Morgan fingerprint density at radius 2 is 0.959 bits per heavy atom. The number of hydrogen-bond donors (Lipinski definition) is 12. The molecule has 4 aromatic rings. The van der Waals surface area contributed by atoms with Crippen LogP contribution in [0, 0.1) is 0 Å². The van der Waals surface area contributed by atoms with E-state index in [9.17, 15) is 14.4 Å². The highest BCUT2D eigenvalue weighted by Crippen LogP contribution is 2.22. The maximum Gasteiger partial charge on any atom is 0.314 e. The van der Waals surface area contributed by atoms with Crippen LogP contribution in [0.1, 0.15) is 40.2 Å². The van der Waals surface area contributed by atoms with E-state index in [0.29, 0.717) is 135 Å². The number of nitrogens with one attached hydrogen (secondary N) is 7. The molecule has 2 aromatic heterocycles. The second kappa shape index (κ2) is 33.2. The molecule has 0 spiro atoms. The first-order valence-corrected chi connectivity index (χ1v) is 23.9. The summed E-state index contributed by atoms with van der Waals surface area (Å²) < 4.78 is 33.6.